The van der Waals surface area contributed by atoms with E-state index in [1.54, 1.807) is 36.4 Å². The third-order valence-corrected chi connectivity index (χ3v) is 3.55. The molecule has 0 radical (unpaired) electrons. The molecule has 6 heteroatoms. The molecule has 0 aromatic heterocycles. The third kappa shape index (κ3) is 4.75. The van der Waals surface area contributed by atoms with Crippen LogP contribution >= 0.6 is 0 Å². The van der Waals surface area contributed by atoms with Gasteiger partial charge in [0, 0.05) is 17.4 Å². The lowest BCUT2D eigenvalue weighted by molar-refractivity contribution is 0.607. The molecule has 2 aromatic carbocycles. The second-order valence-electron chi connectivity index (χ2n) is 4.87. The number of nitrogens with one attached hydrogen (secondary N) is 2. The zero-order chi connectivity index (χ0) is 15.5. The topological polar surface area (TPSA) is 58.2 Å². The van der Waals surface area contributed by atoms with Gasteiger partial charge < -0.3 is 5.32 Å². The quantitative estimate of drug-likeness (QED) is 0.890. The minimum atomic E-state index is -3.27. The first kappa shape index (κ1) is 15.3. The summed E-state index contributed by atoms with van der Waals surface area (Å²) in [5.74, 6) is -0.262. The molecule has 0 heterocycles. The fraction of sp³-hybridized carbons (Fsp3) is 0.200. The van der Waals surface area contributed by atoms with Crippen LogP contribution in [0.1, 0.15) is 18.5 Å². The van der Waals surface area contributed by atoms with Gasteiger partial charge in [-0.2, -0.15) is 0 Å². The molecular formula is C15H17FN2O2S. The number of sulfonamides is 1. The van der Waals surface area contributed by atoms with Crippen molar-refractivity contribution in [2.75, 3.05) is 16.3 Å². The summed E-state index contributed by atoms with van der Waals surface area (Å²) in [4.78, 5) is 0. The van der Waals surface area contributed by atoms with E-state index in [4.69, 9.17) is 0 Å². The summed E-state index contributed by atoms with van der Waals surface area (Å²) in [6.45, 7) is 1.97. The average molecular weight is 308 g/mol. The molecule has 0 aliphatic carbocycles. The standard InChI is InChI=1S/C15H17FN2O2S/c1-11(12-3-5-13(16)6-4-12)17-14-7-9-15(10-8-14)18-21(2,19)20/h3-11,17-18H,1-2H3. The van der Waals surface area contributed by atoms with Gasteiger partial charge >= 0.3 is 0 Å². The van der Waals surface area contributed by atoms with Gasteiger partial charge in [0.15, 0.2) is 0 Å². The van der Waals surface area contributed by atoms with Crippen molar-refractivity contribution >= 4 is 21.4 Å². The van der Waals surface area contributed by atoms with Gasteiger partial charge in [-0.15, -0.1) is 0 Å². The van der Waals surface area contributed by atoms with Gasteiger partial charge in [0.1, 0.15) is 5.82 Å². The van der Waals surface area contributed by atoms with Gasteiger partial charge in [-0.1, -0.05) is 12.1 Å². The summed E-state index contributed by atoms with van der Waals surface area (Å²) >= 11 is 0. The molecule has 4 nitrogen and oxygen atoms in total. The number of benzene rings is 2. The Labute approximate surface area is 124 Å². The van der Waals surface area contributed by atoms with Crippen LogP contribution in [-0.2, 0) is 10.0 Å². The molecule has 0 aliphatic heterocycles. The van der Waals surface area contributed by atoms with Crippen molar-refractivity contribution < 1.29 is 12.8 Å². The number of halogens is 1. The van der Waals surface area contributed by atoms with E-state index in [0.717, 1.165) is 17.5 Å². The molecule has 0 saturated heterocycles. The lowest BCUT2D eigenvalue weighted by Gasteiger charge is -2.16. The average Bonchev–Trinajstić information content (AvgIpc) is 2.40. The van der Waals surface area contributed by atoms with E-state index >= 15 is 0 Å². The maximum atomic E-state index is 12.9. The van der Waals surface area contributed by atoms with E-state index < -0.39 is 10.0 Å². The van der Waals surface area contributed by atoms with Crippen LogP contribution in [0.25, 0.3) is 0 Å². The minimum absolute atomic E-state index is 0.0133. The predicted octanol–water partition coefficient (Wildman–Crippen LogP) is 3.37. The number of anilines is 2. The highest BCUT2D eigenvalue weighted by atomic mass is 32.2. The Morgan fingerprint density at radius 1 is 0.952 bits per heavy atom. The summed E-state index contributed by atoms with van der Waals surface area (Å²) < 4.78 is 37.5. The Balaban J connectivity index is 2.04. The van der Waals surface area contributed by atoms with Crippen LogP contribution in [0.15, 0.2) is 48.5 Å². The first-order chi connectivity index (χ1) is 9.83. The lowest BCUT2D eigenvalue weighted by atomic mass is 10.1. The van der Waals surface area contributed by atoms with E-state index in [2.05, 4.69) is 10.0 Å². The van der Waals surface area contributed by atoms with Crippen LogP contribution in [0.3, 0.4) is 0 Å². The third-order valence-electron chi connectivity index (χ3n) is 2.94. The summed E-state index contributed by atoms with van der Waals surface area (Å²) in [7, 11) is -3.27. The van der Waals surface area contributed by atoms with Gasteiger partial charge in [0.25, 0.3) is 0 Å². The first-order valence-electron chi connectivity index (χ1n) is 6.43. The lowest BCUT2D eigenvalue weighted by Crippen LogP contribution is -2.10. The van der Waals surface area contributed by atoms with Crippen LogP contribution in [0.4, 0.5) is 15.8 Å². The van der Waals surface area contributed by atoms with Crippen molar-refractivity contribution in [3.63, 3.8) is 0 Å². The van der Waals surface area contributed by atoms with Gasteiger partial charge in [-0.25, -0.2) is 12.8 Å². The second kappa shape index (κ2) is 6.13. The number of hydrogen-bond donors (Lipinski definition) is 2. The summed E-state index contributed by atoms with van der Waals surface area (Å²) in [6, 6.07) is 13.3. The zero-order valence-corrected chi connectivity index (χ0v) is 12.6. The van der Waals surface area contributed by atoms with Crippen LogP contribution in [0.5, 0.6) is 0 Å². The molecule has 1 atom stereocenters. The van der Waals surface area contributed by atoms with E-state index in [9.17, 15) is 12.8 Å². The predicted molar refractivity (Wildman–Crippen MR) is 83.3 cm³/mol. The largest absolute Gasteiger partial charge is 0.379 e. The van der Waals surface area contributed by atoms with E-state index in [0.29, 0.717) is 5.69 Å². The number of hydrogen-bond acceptors (Lipinski definition) is 3. The second-order valence-corrected chi connectivity index (χ2v) is 6.62. The Morgan fingerprint density at radius 2 is 1.48 bits per heavy atom. The Hall–Kier alpha value is -2.08. The molecular weight excluding hydrogens is 291 g/mol. The van der Waals surface area contributed by atoms with Crippen molar-refractivity contribution in [3.05, 3.63) is 59.9 Å². The Morgan fingerprint density at radius 3 is 2.00 bits per heavy atom. The molecule has 0 saturated carbocycles. The molecule has 0 spiro atoms. The molecule has 21 heavy (non-hydrogen) atoms. The SMILES string of the molecule is CC(Nc1ccc(NS(C)(=O)=O)cc1)c1ccc(F)cc1. The maximum Gasteiger partial charge on any atom is 0.229 e. The molecule has 112 valence electrons. The van der Waals surface area contributed by atoms with E-state index in [1.165, 1.54) is 12.1 Å². The molecule has 1 unspecified atom stereocenters. The molecule has 0 aliphatic rings. The minimum Gasteiger partial charge on any atom is -0.379 e. The molecule has 2 rings (SSSR count). The van der Waals surface area contributed by atoms with Crippen LogP contribution in [0.2, 0.25) is 0 Å². The van der Waals surface area contributed by atoms with E-state index in [1.807, 2.05) is 6.92 Å². The summed E-state index contributed by atoms with van der Waals surface area (Å²) in [6.07, 6.45) is 1.11. The maximum absolute atomic E-state index is 12.9. The Kier molecular flexibility index (Phi) is 4.47. The highest BCUT2D eigenvalue weighted by molar-refractivity contribution is 7.92. The number of rotatable bonds is 5. The molecule has 0 amide bonds. The van der Waals surface area contributed by atoms with Crippen molar-refractivity contribution in [3.8, 4) is 0 Å². The van der Waals surface area contributed by atoms with Crippen LogP contribution in [-0.4, -0.2) is 14.7 Å². The fourth-order valence-electron chi connectivity index (χ4n) is 1.93. The van der Waals surface area contributed by atoms with Crippen molar-refractivity contribution in [1.82, 2.24) is 0 Å². The molecule has 0 fully saturated rings. The van der Waals surface area contributed by atoms with Gasteiger partial charge in [-0.3, -0.25) is 4.72 Å². The van der Waals surface area contributed by atoms with Gasteiger partial charge in [0.05, 0.1) is 6.26 Å². The van der Waals surface area contributed by atoms with Crippen LogP contribution < -0.4 is 10.0 Å². The van der Waals surface area contributed by atoms with Crippen LogP contribution in [0, 0.1) is 5.82 Å². The molecule has 2 N–H and O–H groups in total. The van der Waals surface area contributed by atoms with E-state index in [-0.39, 0.29) is 11.9 Å². The van der Waals surface area contributed by atoms with Crippen molar-refractivity contribution in [1.29, 1.82) is 0 Å². The molecule has 2 aromatic rings. The Bertz CT molecular complexity index is 697. The van der Waals surface area contributed by atoms with Gasteiger partial charge in [0.2, 0.25) is 10.0 Å². The highest BCUT2D eigenvalue weighted by Crippen LogP contribution is 2.21. The van der Waals surface area contributed by atoms with Crippen molar-refractivity contribution in [2.45, 2.75) is 13.0 Å². The van der Waals surface area contributed by atoms with Crippen molar-refractivity contribution in [2.24, 2.45) is 0 Å². The monoisotopic (exact) mass is 308 g/mol. The fourth-order valence-corrected chi connectivity index (χ4v) is 2.50. The summed E-state index contributed by atoms with van der Waals surface area (Å²) in [5, 5.41) is 3.27. The smallest absolute Gasteiger partial charge is 0.229 e. The highest BCUT2D eigenvalue weighted by Gasteiger charge is 2.06. The van der Waals surface area contributed by atoms with Gasteiger partial charge in [-0.05, 0) is 48.9 Å². The summed E-state index contributed by atoms with van der Waals surface area (Å²) in [5.41, 5.74) is 2.33. The first-order valence-corrected chi connectivity index (χ1v) is 8.32. The normalized spacial score (nSPS) is 12.7. The zero-order valence-electron chi connectivity index (χ0n) is 11.8. The molecule has 0 bridgehead atoms.